The normalized spacial score (nSPS) is 11.8. The van der Waals surface area contributed by atoms with Gasteiger partial charge >= 0.3 is 12.3 Å². The standard InChI is InChI=1S/C18H16ClF3N2O6S/c1-24(2)31(27,28)13-7-8-15(19)14(9-13)17(26)29-10-16(25)23-11-3-5-12(6-4-11)30-18(20,21)22/h3-9H,10H2,1-2H3,(H,23,25). The number of sulfonamides is 1. The van der Waals surface area contributed by atoms with Crippen LogP contribution < -0.4 is 10.1 Å². The Hall–Kier alpha value is -2.83. The van der Waals surface area contributed by atoms with Crippen LogP contribution in [0.15, 0.2) is 47.4 Å². The molecule has 0 fully saturated rings. The number of benzene rings is 2. The Morgan fingerprint density at radius 1 is 1.10 bits per heavy atom. The van der Waals surface area contributed by atoms with Crippen molar-refractivity contribution in [3.8, 4) is 5.75 Å². The van der Waals surface area contributed by atoms with Crippen molar-refractivity contribution in [3.05, 3.63) is 53.1 Å². The van der Waals surface area contributed by atoms with Crippen molar-refractivity contribution < 1.29 is 40.7 Å². The molecule has 0 aliphatic carbocycles. The number of hydrogen-bond acceptors (Lipinski definition) is 6. The van der Waals surface area contributed by atoms with E-state index in [4.69, 9.17) is 16.3 Å². The largest absolute Gasteiger partial charge is 0.573 e. The highest BCUT2D eigenvalue weighted by atomic mass is 35.5. The van der Waals surface area contributed by atoms with Crippen molar-refractivity contribution in [2.24, 2.45) is 0 Å². The number of alkyl halides is 3. The molecule has 0 heterocycles. The van der Waals surface area contributed by atoms with Gasteiger partial charge in [0, 0.05) is 19.8 Å². The Kier molecular flexibility index (Phi) is 7.52. The van der Waals surface area contributed by atoms with E-state index in [0.29, 0.717) is 0 Å². The van der Waals surface area contributed by atoms with Crippen LogP contribution in [-0.2, 0) is 19.6 Å². The van der Waals surface area contributed by atoms with E-state index in [1.165, 1.54) is 26.2 Å². The molecule has 168 valence electrons. The summed E-state index contributed by atoms with van der Waals surface area (Å²) in [6, 6.07) is 7.75. The number of carbonyl (C=O) groups is 2. The first kappa shape index (κ1) is 24.4. The van der Waals surface area contributed by atoms with Crippen LogP contribution in [0.3, 0.4) is 0 Å². The van der Waals surface area contributed by atoms with E-state index >= 15 is 0 Å². The molecule has 0 unspecified atom stereocenters. The number of carbonyl (C=O) groups excluding carboxylic acids is 2. The molecule has 0 spiro atoms. The van der Waals surface area contributed by atoms with Crippen LogP contribution in [0, 0.1) is 0 Å². The van der Waals surface area contributed by atoms with Gasteiger partial charge in [0.1, 0.15) is 5.75 Å². The van der Waals surface area contributed by atoms with Gasteiger partial charge in [0.15, 0.2) is 6.61 Å². The Bertz CT molecular complexity index is 1070. The van der Waals surface area contributed by atoms with E-state index in [-0.39, 0.29) is 21.2 Å². The molecule has 8 nitrogen and oxygen atoms in total. The number of nitrogens with one attached hydrogen (secondary N) is 1. The average molecular weight is 481 g/mol. The molecule has 0 atom stereocenters. The number of nitrogens with zero attached hydrogens (tertiary/aromatic N) is 1. The summed E-state index contributed by atoms with van der Waals surface area (Å²) in [4.78, 5) is 24.0. The topological polar surface area (TPSA) is 102 Å². The minimum atomic E-state index is -4.84. The molecule has 13 heteroatoms. The van der Waals surface area contributed by atoms with Crippen molar-refractivity contribution in [1.29, 1.82) is 0 Å². The van der Waals surface area contributed by atoms with E-state index in [1.807, 2.05) is 0 Å². The molecular weight excluding hydrogens is 465 g/mol. The number of esters is 1. The number of halogens is 4. The molecular formula is C18H16ClF3N2O6S. The SMILES string of the molecule is CN(C)S(=O)(=O)c1ccc(Cl)c(C(=O)OCC(=O)Nc2ccc(OC(F)(F)F)cc2)c1. The smallest absolute Gasteiger partial charge is 0.452 e. The van der Waals surface area contributed by atoms with E-state index in [2.05, 4.69) is 10.1 Å². The van der Waals surface area contributed by atoms with E-state index in [1.54, 1.807) is 0 Å². The molecule has 0 saturated carbocycles. The van der Waals surface area contributed by atoms with Gasteiger partial charge in [-0.3, -0.25) is 4.79 Å². The van der Waals surface area contributed by atoms with Crippen LogP contribution in [0.5, 0.6) is 5.75 Å². The highest BCUT2D eigenvalue weighted by Gasteiger charge is 2.31. The van der Waals surface area contributed by atoms with Crippen LogP contribution >= 0.6 is 11.6 Å². The predicted octanol–water partition coefficient (Wildman–Crippen LogP) is 3.28. The van der Waals surface area contributed by atoms with Crippen LogP contribution in [0.25, 0.3) is 0 Å². The molecule has 2 aromatic rings. The van der Waals surface area contributed by atoms with Crippen LogP contribution in [0.1, 0.15) is 10.4 Å². The van der Waals surface area contributed by atoms with Gasteiger partial charge in [0.2, 0.25) is 10.0 Å². The van der Waals surface area contributed by atoms with Crippen molar-refractivity contribution in [2.45, 2.75) is 11.3 Å². The molecule has 1 N–H and O–H groups in total. The maximum absolute atomic E-state index is 12.2. The zero-order chi connectivity index (χ0) is 23.4. The van der Waals surface area contributed by atoms with Crippen LogP contribution in [0.4, 0.5) is 18.9 Å². The predicted molar refractivity (Wildman–Crippen MR) is 104 cm³/mol. The molecule has 2 rings (SSSR count). The minimum Gasteiger partial charge on any atom is -0.452 e. The Labute approximate surface area is 180 Å². The van der Waals surface area contributed by atoms with Crippen LogP contribution in [0.2, 0.25) is 5.02 Å². The summed E-state index contributed by atoms with van der Waals surface area (Å²) < 4.78 is 70.3. The van der Waals surface area contributed by atoms with Gasteiger partial charge < -0.3 is 14.8 Å². The first-order valence-corrected chi connectivity index (χ1v) is 10.2. The highest BCUT2D eigenvalue weighted by Crippen LogP contribution is 2.24. The van der Waals surface area contributed by atoms with Gasteiger partial charge in [-0.1, -0.05) is 11.6 Å². The Morgan fingerprint density at radius 2 is 1.71 bits per heavy atom. The van der Waals surface area contributed by atoms with E-state index in [0.717, 1.165) is 34.6 Å². The second-order valence-electron chi connectivity index (χ2n) is 6.13. The summed E-state index contributed by atoms with van der Waals surface area (Å²) in [7, 11) is -1.20. The molecule has 0 aromatic heterocycles. The van der Waals surface area contributed by atoms with Crippen molar-refractivity contribution in [1.82, 2.24) is 4.31 Å². The molecule has 31 heavy (non-hydrogen) atoms. The minimum absolute atomic E-state index is 0.0802. The number of hydrogen-bond donors (Lipinski definition) is 1. The fourth-order valence-corrected chi connectivity index (χ4v) is 3.30. The van der Waals surface area contributed by atoms with Gasteiger partial charge in [-0.25, -0.2) is 17.5 Å². The van der Waals surface area contributed by atoms with Gasteiger partial charge in [-0.15, -0.1) is 13.2 Å². The summed E-state index contributed by atoms with van der Waals surface area (Å²) >= 11 is 5.92. The summed E-state index contributed by atoms with van der Waals surface area (Å²) in [6.07, 6.45) is -4.84. The maximum Gasteiger partial charge on any atom is 0.573 e. The number of rotatable bonds is 7. The fraction of sp³-hybridized carbons (Fsp3) is 0.222. The molecule has 0 aliphatic rings. The molecule has 2 aromatic carbocycles. The first-order chi connectivity index (χ1) is 14.3. The van der Waals surface area contributed by atoms with Crippen molar-refractivity contribution in [2.75, 3.05) is 26.0 Å². The molecule has 0 bridgehead atoms. The zero-order valence-corrected chi connectivity index (χ0v) is 17.6. The average Bonchev–Trinajstić information content (AvgIpc) is 2.66. The Morgan fingerprint density at radius 3 is 2.26 bits per heavy atom. The Balaban J connectivity index is 2.00. The monoisotopic (exact) mass is 480 g/mol. The van der Waals surface area contributed by atoms with Gasteiger partial charge in [-0.05, 0) is 42.5 Å². The quantitative estimate of drug-likeness (QED) is 0.610. The molecule has 0 saturated heterocycles. The summed E-state index contributed by atoms with van der Waals surface area (Å²) in [5, 5.41) is 2.24. The second-order valence-corrected chi connectivity index (χ2v) is 8.68. The highest BCUT2D eigenvalue weighted by molar-refractivity contribution is 7.89. The van der Waals surface area contributed by atoms with Crippen LogP contribution in [-0.4, -0.2) is 51.7 Å². The van der Waals surface area contributed by atoms with Gasteiger partial charge in [0.05, 0.1) is 15.5 Å². The lowest BCUT2D eigenvalue weighted by Gasteiger charge is -2.13. The lowest BCUT2D eigenvalue weighted by molar-refractivity contribution is -0.274. The maximum atomic E-state index is 12.2. The van der Waals surface area contributed by atoms with Gasteiger partial charge in [0.25, 0.3) is 5.91 Å². The number of anilines is 1. The summed E-state index contributed by atoms with van der Waals surface area (Å²) in [5.74, 6) is -2.30. The first-order valence-electron chi connectivity index (χ1n) is 8.34. The third-order valence-corrected chi connectivity index (χ3v) is 5.78. The van der Waals surface area contributed by atoms with Crippen molar-refractivity contribution in [3.63, 3.8) is 0 Å². The van der Waals surface area contributed by atoms with E-state index < -0.39 is 40.6 Å². The number of amides is 1. The van der Waals surface area contributed by atoms with E-state index in [9.17, 15) is 31.2 Å². The second kappa shape index (κ2) is 9.54. The third-order valence-electron chi connectivity index (χ3n) is 3.64. The number of ether oxygens (including phenoxy) is 2. The third kappa shape index (κ3) is 6.84. The molecule has 0 radical (unpaired) electrons. The zero-order valence-electron chi connectivity index (χ0n) is 16.1. The molecule has 1 amide bonds. The van der Waals surface area contributed by atoms with Gasteiger partial charge in [-0.2, -0.15) is 0 Å². The lowest BCUT2D eigenvalue weighted by Crippen LogP contribution is -2.23. The molecule has 0 aliphatic heterocycles. The summed E-state index contributed by atoms with van der Waals surface area (Å²) in [6.45, 7) is -0.749. The fourth-order valence-electron chi connectivity index (χ4n) is 2.18. The van der Waals surface area contributed by atoms with Crippen molar-refractivity contribution >= 4 is 39.2 Å². The lowest BCUT2D eigenvalue weighted by atomic mass is 10.2. The summed E-state index contributed by atoms with van der Waals surface area (Å²) in [5.41, 5.74) is -0.126.